The van der Waals surface area contributed by atoms with Crippen LogP contribution in [0.5, 0.6) is 0 Å². The van der Waals surface area contributed by atoms with Crippen LogP contribution in [-0.2, 0) is 25.2 Å². The van der Waals surface area contributed by atoms with Crippen molar-refractivity contribution >= 4 is 79.0 Å². The third kappa shape index (κ3) is 9.84. The van der Waals surface area contributed by atoms with E-state index in [2.05, 4.69) is 100 Å². The van der Waals surface area contributed by atoms with Gasteiger partial charge in [0.2, 0.25) is 11.6 Å². The van der Waals surface area contributed by atoms with Gasteiger partial charge in [-0.15, -0.1) is 23.1 Å². The van der Waals surface area contributed by atoms with Gasteiger partial charge in [-0.05, 0) is 62.6 Å². The number of fused-ring (bicyclic) bond motifs is 3. The molecule has 7 rings (SSSR count). The molecule has 11 nitrogen and oxygen atoms in total. The molecule has 0 unspecified atom stereocenters. The number of hydrogen-bond acceptors (Lipinski definition) is 10. The Morgan fingerprint density at radius 2 is 1.67 bits per heavy atom. The summed E-state index contributed by atoms with van der Waals surface area (Å²) in [6.45, 7) is 11.2. The highest BCUT2D eigenvalue weighted by Crippen LogP contribution is 2.47. The molecule has 61 heavy (non-hydrogen) atoms. The fraction of sp³-hybridized carbons (Fsp3) is 0.375. The minimum atomic E-state index is -1.06. The molecule has 4 heterocycles. The van der Waals surface area contributed by atoms with E-state index in [0.717, 1.165) is 75.9 Å². The van der Waals surface area contributed by atoms with Gasteiger partial charge in [0.15, 0.2) is 18.3 Å². The summed E-state index contributed by atoms with van der Waals surface area (Å²) in [4.78, 5) is 47.0. The smallest absolute Gasteiger partial charge is 0.329 e. The molecule has 0 radical (unpaired) electrons. The van der Waals surface area contributed by atoms with Gasteiger partial charge in [-0.25, -0.2) is 9.78 Å². The predicted octanol–water partition coefficient (Wildman–Crippen LogP) is 7.73. The molecule has 0 fully saturated rings. The molecular formula is C48H54N6O5S2. The van der Waals surface area contributed by atoms with Gasteiger partial charge in [0.25, 0.3) is 0 Å². The molecule has 0 saturated heterocycles. The lowest BCUT2D eigenvalue weighted by Gasteiger charge is -2.27. The number of unbranched alkanes of at least 4 members (excludes halogenated alkanes) is 3. The average Bonchev–Trinajstić information content (AvgIpc) is 3.99. The zero-order valence-corrected chi connectivity index (χ0v) is 36.9. The number of para-hydroxylation sites is 2. The van der Waals surface area contributed by atoms with Crippen molar-refractivity contribution in [2.45, 2.75) is 83.1 Å². The molecule has 1 aromatic heterocycles. The first-order valence-corrected chi connectivity index (χ1v) is 22.9. The fourth-order valence-electron chi connectivity index (χ4n) is 8.43. The van der Waals surface area contributed by atoms with Crippen molar-refractivity contribution in [3.8, 4) is 0 Å². The van der Waals surface area contributed by atoms with Crippen LogP contribution < -0.4 is 20.6 Å². The normalized spacial score (nSPS) is 18.4. The number of nitrogens with zero attached hydrogens (tertiary/aromatic N) is 4. The number of rotatable bonds is 19. The number of thioether (sulfide) groups is 1. The maximum atomic E-state index is 13.1. The minimum absolute atomic E-state index is 0.0454. The monoisotopic (exact) mass is 858 g/mol. The third-order valence-electron chi connectivity index (χ3n) is 11.7. The van der Waals surface area contributed by atoms with E-state index >= 15 is 0 Å². The second kappa shape index (κ2) is 19.0. The molecular weight excluding hydrogens is 805 g/mol. The molecule has 3 aromatic carbocycles. The highest BCUT2D eigenvalue weighted by Gasteiger charge is 2.44. The first kappa shape index (κ1) is 43.6. The van der Waals surface area contributed by atoms with Crippen molar-refractivity contribution in [2.75, 3.05) is 42.1 Å². The number of hydrogen-bond donors (Lipinski definition) is 3. The number of nitrogens with one attached hydrogen (secondary N) is 2. The lowest BCUT2D eigenvalue weighted by Crippen LogP contribution is -2.32. The van der Waals surface area contributed by atoms with Gasteiger partial charge in [0.1, 0.15) is 10.1 Å². The lowest BCUT2D eigenvalue weighted by molar-refractivity contribution is -0.439. The van der Waals surface area contributed by atoms with Crippen molar-refractivity contribution in [2.24, 2.45) is 4.99 Å². The standard InChI is InChI=1S/C48H54N6O5S2/c1-47(2)33-16-10-12-18-37(33)53(40(47)20-8-7-9-21-41-48(3,4)34-17-11-13-19-38(34)54(41)29-25-43(56)57)28-24-42(55)50-27-15-6-5-14-26-49-32-22-23-35-39(30-32)61-45(51-35)44-52-36(31-60-44)46(58)59/h7-13,16-23,30,36H,5-6,14-15,24-29,31H2,1-4H3,(H3-,49,50,52,55,56,57,58,59)/t36-/m1/s1. The van der Waals surface area contributed by atoms with E-state index in [-0.39, 0.29) is 23.2 Å². The number of carbonyl (C=O) groups excluding carboxylic acids is 2. The maximum Gasteiger partial charge on any atom is 0.329 e. The summed E-state index contributed by atoms with van der Waals surface area (Å²) >= 11 is 2.99. The fourth-order valence-corrected chi connectivity index (χ4v) is 10.5. The number of anilines is 2. The molecule has 1 amide bonds. The van der Waals surface area contributed by atoms with Crippen molar-refractivity contribution in [1.82, 2.24) is 10.3 Å². The summed E-state index contributed by atoms with van der Waals surface area (Å²) in [6.07, 6.45) is 14.6. The highest BCUT2D eigenvalue weighted by atomic mass is 32.2. The Bertz CT molecular complexity index is 2460. The molecule has 0 spiro atoms. The van der Waals surface area contributed by atoms with Crippen LogP contribution in [0, 0.1) is 0 Å². The molecule has 13 heteroatoms. The molecule has 3 aliphatic heterocycles. The van der Waals surface area contributed by atoms with Gasteiger partial charge in [-0.3, -0.25) is 9.79 Å². The zero-order valence-electron chi connectivity index (χ0n) is 35.3. The first-order valence-electron chi connectivity index (χ1n) is 21.1. The van der Waals surface area contributed by atoms with E-state index in [1.165, 1.54) is 34.2 Å². The number of benzene rings is 3. The van der Waals surface area contributed by atoms with Crippen molar-refractivity contribution in [1.29, 1.82) is 0 Å². The minimum Gasteiger partial charge on any atom is -0.550 e. The molecule has 4 aromatic rings. The van der Waals surface area contributed by atoms with E-state index in [9.17, 15) is 24.6 Å². The Labute approximate surface area is 366 Å². The van der Waals surface area contributed by atoms with Gasteiger partial charge in [0.05, 0.1) is 15.6 Å². The molecule has 0 bridgehead atoms. The third-order valence-corrected chi connectivity index (χ3v) is 13.9. The number of aromatic nitrogens is 1. The van der Waals surface area contributed by atoms with Crippen LogP contribution in [0.15, 0.2) is 108 Å². The van der Waals surface area contributed by atoms with E-state index < -0.39 is 18.0 Å². The molecule has 1 atom stereocenters. The van der Waals surface area contributed by atoms with Crippen LogP contribution in [-0.4, -0.2) is 81.2 Å². The first-order chi connectivity index (χ1) is 29.3. The number of thiazole rings is 1. The highest BCUT2D eigenvalue weighted by molar-refractivity contribution is 8.15. The number of aliphatic imine (C=N–C) groups is 1. The van der Waals surface area contributed by atoms with E-state index in [0.29, 0.717) is 36.9 Å². The molecule has 3 aliphatic rings. The second-order valence-corrected chi connectivity index (χ2v) is 18.7. The van der Waals surface area contributed by atoms with Crippen LogP contribution in [0.1, 0.15) is 82.4 Å². The molecule has 0 saturated carbocycles. The van der Waals surface area contributed by atoms with E-state index in [4.69, 9.17) is 0 Å². The number of aliphatic carboxylic acids is 2. The van der Waals surface area contributed by atoms with Crippen molar-refractivity contribution in [3.63, 3.8) is 0 Å². The zero-order chi connectivity index (χ0) is 43.1. The van der Waals surface area contributed by atoms with Crippen LogP contribution in [0.3, 0.4) is 0 Å². The van der Waals surface area contributed by atoms with Crippen LogP contribution in [0.2, 0.25) is 0 Å². The van der Waals surface area contributed by atoms with Gasteiger partial charge in [-0.1, -0.05) is 81.3 Å². The van der Waals surface area contributed by atoms with Crippen LogP contribution in [0.25, 0.3) is 10.2 Å². The SMILES string of the molecule is CC1(C)C(/C=C/C=C/C=C2/N(CCC(=O)NCCCCCCNc3ccc4nc(C5=N[C@@H](C(=O)O)CS5)sc4c3)c3ccccc3C2(C)C)=[N+](CCC(=O)[O-])c2ccccc21. The lowest BCUT2D eigenvalue weighted by atomic mass is 9.81. The molecule has 0 aliphatic carbocycles. The summed E-state index contributed by atoms with van der Waals surface area (Å²) in [5.41, 5.74) is 8.10. The Kier molecular flexibility index (Phi) is 13.6. The van der Waals surface area contributed by atoms with Gasteiger partial charge >= 0.3 is 5.97 Å². The van der Waals surface area contributed by atoms with Crippen molar-refractivity contribution < 1.29 is 29.2 Å². The summed E-state index contributed by atoms with van der Waals surface area (Å²) in [7, 11) is 0. The largest absolute Gasteiger partial charge is 0.550 e. The van der Waals surface area contributed by atoms with Gasteiger partial charge in [0, 0.05) is 84.4 Å². The van der Waals surface area contributed by atoms with Crippen LogP contribution >= 0.6 is 23.1 Å². The average molecular weight is 859 g/mol. The Morgan fingerprint density at radius 3 is 2.44 bits per heavy atom. The topological polar surface area (TPSA) is 150 Å². The van der Waals surface area contributed by atoms with Crippen LogP contribution in [0.4, 0.5) is 17.1 Å². The number of carboxylic acid groups (broad SMARTS) is 2. The van der Waals surface area contributed by atoms with Crippen molar-refractivity contribution in [3.05, 3.63) is 119 Å². The predicted molar refractivity (Wildman–Crippen MR) is 247 cm³/mol. The number of carboxylic acids is 2. The van der Waals surface area contributed by atoms with E-state index in [1.807, 2.05) is 54.6 Å². The summed E-state index contributed by atoms with van der Waals surface area (Å²) in [5.74, 6) is -1.47. The Balaban J connectivity index is 0.873. The summed E-state index contributed by atoms with van der Waals surface area (Å²) < 4.78 is 3.13. The van der Waals surface area contributed by atoms with Gasteiger partial charge < -0.3 is 30.5 Å². The Morgan fingerprint density at radius 1 is 0.918 bits per heavy atom. The quantitative estimate of drug-likeness (QED) is 0.0489. The maximum absolute atomic E-state index is 13.1. The number of carbonyl (C=O) groups is 3. The summed E-state index contributed by atoms with van der Waals surface area (Å²) in [5, 5.41) is 28.8. The molecule has 3 N–H and O–H groups in total. The molecule has 318 valence electrons. The number of allylic oxidation sites excluding steroid dienone is 6. The second-order valence-electron chi connectivity index (χ2n) is 16.6. The summed E-state index contributed by atoms with van der Waals surface area (Å²) in [6, 6.07) is 22.0. The van der Waals surface area contributed by atoms with Gasteiger partial charge in [-0.2, -0.15) is 4.58 Å². The van der Waals surface area contributed by atoms with E-state index in [1.54, 1.807) is 0 Å². The number of amides is 1. The Hall–Kier alpha value is -5.53.